The second-order valence-electron chi connectivity index (χ2n) is 6.89. The van der Waals surface area contributed by atoms with Crippen molar-refractivity contribution in [3.8, 4) is 0 Å². The summed E-state index contributed by atoms with van der Waals surface area (Å²) in [5, 5.41) is 8.03. The largest absolute Gasteiger partial charge is 0.291 e. The molecule has 0 amide bonds. The van der Waals surface area contributed by atoms with Crippen LogP contribution in [0.5, 0.6) is 0 Å². The SMILES string of the molecule is CC(C)CC1N=C(NN=C2CCCCC2)SP1(=O)NNc1ncccn1. The van der Waals surface area contributed by atoms with Crippen LogP contribution >= 0.6 is 17.9 Å². The predicted molar refractivity (Wildman–Crippen MR) is 108 cm³/mol. The van der Waals surface area contributed by atoms with Crippen LogP contribution in [-0.2, 0) is 4.57 Å². The monoisotopic (exact) mass is 395 g/mol. The third kappa shape index (κ3) is 5.28. The Morgan fingerprint density at radius 1 is 1.27 bits per heavy atom. The van der Waals surface area contributed by atoms with E-state index >= 15 is 0 Å². The first-order valence-electron chi connectivity index (χ1n) is 9.04. The standard InChI is InChI=1S/C16H26N7OPS/c1-12(2)11-14-19-16(22-20-13-7-4-3-5-8-13)26-25(14,24)23-21-15-17-9-6-10-18-15/h6,9-10,12,14H,3-5,7-8,11H2,1-2H3,(H,19,22)(H,23,24)(H,17,18,21). The summed E-state index contributed by atoms with van der Waals surface area (Å²) in [5.41, 5.74) is 7.07. The molecular weight excluding hydrogens is 369 g/mol. The van der Waals surface area contributed by atoms with Crippen LogP contribution in [0.4, 0.5) is 5.95 Å². The smallest absolute Gasteiger partial charge is 0.249 e. The Kier molecular flexibility index (Phi) is 6.67. The number of hydrogen-bond acceptors (Lipinski definition) is 8. The molecule has 3 N–H and O–H groups in total. The number of hydrazone groups is 1. The zero-order valence-corrected chi connectivity index (χ0v) is 16.9. The first-order chi connectivity index (χ1) is 12.5. The number of nitrogens with one attached hydrogen (secondary N) is 3. The summed E-state index contributed by atoms with van der Waals surface area (Å²) in [4.78, 5) is 12.8. The minimum Gasteiger partial charge on any atom is -0.291 e. The Balaban J connectivity index is 1.65. The molecule has 1 aromatic heterocycles. The molecule has 1 aliphatic carbocycles. The Morgan fingerprint density at radius 3 is 2.69 bits per heavy atom. The molecule has 1 fully saturated rings. The van der Waals surface area contributed by atoms with Crippen LogP contribution < -0.4 is 16.0 Å². The van der Waals surface area contributed by atoms with Crippen molar-refractivity contribution in [3.05, 3.63) is 18.5 Å². The first-order valence-corrected chi connectivity index (χ1v) is 12.2. The van der Waals surface area contributed by atoms with Gasteiger partial charge in [0.05, 0.1) is 0 Å². The van der Waals surface area contributed by atoms with E-state index in [0.717, 1.165) is 19.3 Å². The summed E-state index contributed by atoms with van der Waals surface area (Å²) >= 11 is 1.23. The number of amidine groups is 1. The van der Waals surface area contributed by atoms with Gasteiger partial charge in [-0.15, -0.1) is 0 Å². The summed E-state index contributed by atoms with van der Waals surface area (Å²) in [6.07, 6.45) is 9.71. The van der Waals surface area contributed by atoms with Crippen molar-refractivity contribution in [1.29, 1.82) is 0 Å². The number of hydrogen-bond donors (Lipinski definition) is 3. The molecule has 0 spiro atoms. The van der Waals surface area contributed by atoms with Crippen molar-refractivity contribution in [2.24, 2.45) is 16.0 Å². The summed E-state index contributed by atoms with van der Waals surface area (Å²) < 4.78 is 13.4. The second-order valence-corrected chi connectivity index (χ2v) is 11.7. The van der Waals surface area contributed by atoms with Crippen LogP contribution in [0.2, 0.25) is 0 Å². The summed E-state index contributed by atoms with van der Waals surface area (Å²) in [6.45, 7) is 1.32. The van der Waals surface area contributed by atoms with Crippen LogP contribution in [-0.4, -0.2) is 26.6 Å². The van der Waals surface area contributed by atoms with Gasteiger partial charge in [-0.3, -0.25) is 15.4 Å². The molecule has 0 bridgehead atoms. The van der Waals surface area contributed by atoms with E-state index in [-0.39, 0.29) is 5.78 Å². The molecule has 10 heteroatoms. The lowest BCUT2D eigenvalue weighted by Crippen LogP contribution is -2.23. The third-order valence-corrected chi connectivity index (χ3v) is 8.70. The minimum absolute atomic E-state index is 0.308. The Hall–Kier alpha value is -1.44. The fourth-order valence-corrected chi connectivity index (χ4v) is 7.08. The first kappa shape index (κ1) is 19.3. The lowest BCUT2D eigenvalue weighted by Gasteiger charge is -2.20. The maximum Gasteiger partial charge on any atom is 0.249 e. The fraction of sp³-hybridized carbons (Fsp3) is 0.625. The van der Waals surface area contributed by atoms with E-state index < -0.39 is 6.49 Å². The molecule has 8 nitrogen and oxygen atoms in total. The molecule has 2 atom stereocenters. The Bertz CT molecular complexity index is 702. The minimum atomic E-state index is -2.89. The third-order valence-electron chi connectivity index (χ3n) is 4.19. The van der Waals surface area contributed by atoms with Gasteiger partial charge in [0.2, 0.25) is 12.4 Å². The molecule has 0 aromatic carbocycles. The van der Waals surface area contributed by atoms with Crippen molar-refractivity contribution in [1.82, 2.24) is 20.6 Å². The number of aromatic nitrogens is 2. The highest BCUT2D eigenvalue weighted by Gasteiger charge is 2.41. The Labute approximate surface area is 158 Å². The predicted octanol–water partition coefficient (Wildman–Crippen LogP) is 3.97. The van der Waals surface area contributed by atoms with Gasteiger partial charge in [-0.25, -0.2) is 15.0 Å². The number of hydrazine groups is 1. The van der Waals surface area contributed by atoms with E-state index in [4.69, 9.17) is 0 Å². The highest BCUT2D eigenvalue weighted by Crippen LogP contribution is 2.64. The Morgan fingerprint density at radius 2 is 2.00 bits per heavy atom. The average Bonchev–Trinajstić information content (AvgIpc) is 2.95. The van der Waals surface area contributed by atoms with Crippen LogP contribution in [0.1, 0.15) is 52.4 Å². The average molecular weight is 395 g/mol. The molecule has 142 valence electrons. The molecule has 1 aromatic rings. The van der Waals surface area contributed by atoms with E-state index in [1.165, 1.54) is 36.4 Å². The molecule has 2 unspecified atom stereocenters. The maximum atomic E-state index is 13.4. The molecule has 26 heavy (non-hydrogen) atoms. The normalized spacial score (nSPS) is 25.9. The van der Waals surface area contributed by atoms with E-state index in [1.54, 1.807) is 18.5 Å². The quantitative estimate of drug-likeness (QED) is 0.494. The number of rotatable bonds is 6. The van der Waals surface area contributed by atoms with Gasteiger partial charge in [0.25, 0.3) is 0 Å². The van der Waals surface area contributed by atoms with Gasteiger partial charge in [-0.2, -0.15) is 10.3 Å². The van der Waals surface area contributed by atoms with Gasteiger partial charge in [0, 0.05) is 18.1 Å². The van der Waals surface area contributed by atoms with Crippen LogP contribution in [0.25, 0.3) is 0 Å². The summed E-state index contributed by atoms with van der Waals surface area (Å²) in [6, 6.07) is 1.73. The second kappa shape index (κ2) is 8.97. The van der Waals surface area contributed by atoms with Crippen LogP contribution in [0.3, 0.4) is 0 Å². The number of nitrogens with zero attached hydrogens (tertiary/aromatic N) is 4. The van der Waals surface area contributed by atoms with Gasteiger partial charge in [-0.05, 0) is 55.5 Å². The number of anilines is 1. The topological polar surface area (TPSA) is 104 Å². The molecular formula is C16H26N7OPS. The van der Waals surface area contributed by atoms with Crippen molar-refractivity contribution >= 4 is 34.7 Å². The lowest BCUT2D eigenvalue weighted by molar-refractivity contribution is 0.531. The van der Waals surface area contributed by atoms with Gasteiger partial charge in [0.15, 0.2) is 5.17 Å². The van der Waals surface area contributed by atoms with Crippen molar-refractivity contribution in [3.63, 3.8) is 0 Å². The van der Waals surface area contributed by atoms with Crippen LogP contribution in [0, 0.1) is 5.92 Å². The lowest BCUT2D eigenvalue weighted by atomic mass is 9.99. The zero-order chi connectivity index (χ0) is 18.4. The van der Waals surface area contributed by atoms with Gasteiger partial charge in [-0.1, -0.05) is 20.3 Å². The van der Waals surface area contributed by atoms with E-state index in [1.807, 2.05) is 0 Å². The summed E-state index contributed by atoms with van der Waals surface area (Å²) in [5.74, 6) is 0.463. The van der Waals surface area contributed by atoms with Crippen molar-refractivity contribution in [2.75, 3.05) is 5.43 Å². The van der Waals surface area contributed by atoms with E-state index in [0.29, 0.717) is 17.0 Å². The fourth-order valence-electron chi connectivity index (χ4n) is 2.87. The number of aliphatic imine (C=N–C) groups is 1. The van der Waals surface area contributed by atoms with Gasteiger partial charge in [0.1, 0.15) is 5.78 Å². The molecule has 2 heterocycles. The maximum absolute atomic E-state index is 13.4. The molecule has 3 rings (SSSR count). The molecule has 0 saturated heterocycles. The zero-order valence-electron chi connectivity index (χ0n) is 15.2. The molecule has 2 aliphatic rings. The van der Waals surface area contributed by atoms with E-state index in [9.17, 15) is 4.57 Å². The molecule has 1 aliphatic heterocycles. The van der Waals surface area contributed by atoms with Crippen LogP contribution in [0.15, 0.2) is 28.6 Å². The van der Waals surface area contributed by atoms with Gasteiger partial charge >= 0.3 is 0 Å². The summed E-state index contributed by atoms with van der Waals surface area (Å²) in [7, 11) is 0. The van der Waals surface area contributed by atoms with Crippen molar-refractivity contribution in [2.45, 2.75) is 58.2 Å². The van der Waals surface area contributed by atoms with Gasteiger partial charge < -0.3 is 0 Å². The van der Waals surface area contributed by atoms with E-state index in [2.05, 4.69) is 50.0 Å². The highest BCUT2D eigenvalue weighted by molar-refractivity contribution is 8.65. The molecule has 0 radical (unpaired) electrons. The highest BCUT2D eigenvalue weighted by atomic mass is 32.7. The molecule has 1 saturated carbocycles. The van der Waals surface area contributed by atoms with Crippen molar-refractivity contribution < 1.29 is 4.57 Å².